The van der Waals surface area contributed by atoms with Crippen LogP contribution in [0.5, 0.6) is 0 Å². The maximum absolute atomic E-state index is 12.0. The third-order valence-electron chi connectivity index (χ3n) is 2.79. The molecule has 0 radical (unpaired) electrons. The summed E-state index contributed by atoms with van der Waals surface area (Å²) in [4.78, 5) is 57.7. The Balaban J connectivity index is 0.00000139. The van der Waals surface area contributed by atoms with E-state index in [0.29, 0.717) is 0 Å². The Morgan fingerprint density at radius 3 is 1.75 bits per heavy atom. The van der Waals surface area contributed by atoms with Crippen molar-refractivity contribution in [1.29, 1.82) is 0 Å². The van der Waals surface area contributed by atoms with Crippen LogP contribution in [0.2, 0.25) is 0 Å². The molecule has 14 nitrogen and oxygen atoms in total. The summed E-state index contributed by atoms with van der Waals surface area (Å²) in [5.74, 6) is -7.11. The standard InChI is InChI=1S/C8H10N4O10.ClH.Cu/c13-3-1-4(14)10-7(9-3,20-17)12-6(16)2-5(15)11-8(12,21-18)22-19;;/h17-19H,1-2H2,(H,9,13)(H,10,14)(H,11,15);1H;/q;;+1/p-1. The fraction of sp³-hybridized carbons (Fsp3) is 0.500. The van der Waals surface area contributed by atoms with E-state index in [1.165, 1.54) is 0 Å². The monoisotopic (exact) mass is 420 g/mol. The van der Waals surface area contributed by atoms with Crippen molar-refractivity contribution < 1.29 is 64.7 Å². The van der Waals surface area contributed by atoms with E-state index < -0.39 is 48.5 Å². The van der Waals surface area contributed by atoms with Crippen LogP contribution in [0.4, 0.5) is 0 Å². The molecule has 0 spiro atoms. The fourth-order valence-corrected chi connectivity index (χ4v) is 2.03. The molecule has 2 fully saturated rings. The zero-order chi connectivity index (χ0) is 18.5. The molecule has 0 aromatic carbocycles. The Morgan fingerprint density at radius 1 is 0.875 bits per heavy atom. The number of hydrogen-bond donors (Lipinski definition) is 6. The molecular formula is C8H10ClCuN4O10. The predicted molar refractivity (Wildman–Crippen MR) is 63.0 cm³/mol. The summed E-state index contributed by atoms with van der Waals surface area (Å²) in [6, 6.07) is -3.10. The zero-order valence-electron chi connectivity index (χ0n) is 11.2. The van der Waals surface area contributed by atoms with Gasteiger partial charge in [0, 0.05) is 0 Å². The molecule has 0 aliphatic carbocycles. The molecule has 4 amide bonds. The Kier molecular flexibility index (Phi) is 6.85. The molecule has 16 heteroatoms. The second kappa shape index (κ2) is 8.02. The van der Waals surface area contributed by atoms with Gasteiger partial charge < -0.3 is 0 Å². The van der Waals surface area contributed by atoms with Crippen LogP contribution in [0.15, 0.2) is 0 Å². The molecule has 6 N–H and O–H groups in total. The molecule has 2 heterocycles. The van der Waals surface area contributed by atoms with Gasteiger partial charge in [0.1, 0.15) is 12.8 Å². The summed E-state index contributed by atoms with van der Waals surface area (Å²) in [5.41, 5.74) is 0. The van der Waals surface area contributed by atoms with Gasteiger partial charge in [-0.1, -0.05) is 0 Å². The molecule has 0 bridgehead atoms. The van der Waals surface area contributed by atoms with Crippen molar-refractivity contribution in [2.75, 3.05) is 0 Å². The Labute approximate surface area is 144 Å². The number of rotatable bonds is 4. The molecule has 0 aromatic heterocycles. The number of amides is 4. The summed E-state index contributed by atoms with van der Waals surface area (Å²) in [5, 5.41) is 32.2. The summed E-state index contributed by atoms with van der Waals surface area (Å²) in [6.07, 6.45) is -1.53. The van der Waals surface area contributed by atoms with E-state index in [0.717, 1.165) is 0 Å². The molecule has 2 saturated heterocycles. The summed E-state index contributed by atoms with van der Waals surface area (Å²) in [7, 11) is 4.20. The van der Waals surface area contributed by atoms with Crippen LogP contribution in [-0.4, -0.2) is 56.3 Å². The molecule has 0 aromatic rings. The van der Waals surface area contributed by atoms with Gasteiger partial charge in [-0.2, -0.15) is 19.6 Å². The Hall–Kier alpha value is -1.55. The van der Waals surface area contributed by atoms with E-state index in [9.17, 15) is 19.2 Å². The molecule has 0 atom stereocenters. The van der Waals surface area contributed by atoms with Crippen LogP contribution in [0.3, 0.4) is 0 Å². The van der Waals surface area contributed by atoms with Gasteiger partial charge in [-0.25, -0.2) is 15.8 Å². The van der Waals surface area contributed by atoms with Crippen LogP contribution >= 0.6 is 10.1 Å². The van der Waals surface area contributed by atoms with Crippen LogP contribution in [-0.2, 0) is 48.9 Å². The van der Waals surface area contributed by atoms with E-state index in [1.807, 2.05) is 10.6 Å². The van der Waals surface area contributed by atoms with Crippen molar-refractivity contribution in [2.24, 2.45) is 0 Å². The number of nitrogens with one attached hydrogen (secondary N) is 3. The van der Waals surface area contributed by atoms with E-state index in [4.69, 9.17) is 15.8 Å². The minimum atomic E-state index is -3.10. The van der Waals surface area contributed by atoms with Crippen LogP contribution in [0, 0.1) is 0 Å². The van der Waals surface area contributed by atoms with Gasteiger partial charge in [-0.3, -0.25) is 35.1 Å². The number of halogens is 1. The number of hydrogen-bond acceptors (Lipinski definition) is 10. The quantitative estimate of drug-likeness (QED) is 0.0917. The second-order valence-corrected chi connectivity index (χ2v) is 4.23. The van der Waals surface area contributed by atoms with E-state index in [2.05, 4.69) is 39.9 Å². The van der Waals surface area contributed by atoms with Gasteiger partial charge in [-0.05, 0) is 0 Å². The van der Waals surface area contributed by atoms with Crippen LogP contribution in [0.25, 0.3) is 0 Å². The molecular weight excluding hydrogens is 411 g/mol. The van der Waals surface area contributed by atoms with E-state index in [1.54, 1.807) is 5.32 Å². The third kappa shape index (κ3) is 3.59. The normalized spacial score (nSPS) is 22.0. The SMILES string of the molecule is O=C1CC(=O)NC(OO)(N2C(=O)CC(=O)NC2(OO)OO)N1.[Cl][Cu]. The zero-order valence-corrected chi connectivity index (χ0v) is 12.9. The van der Waals surface area contributed by atoms with Crippen LogP contribution in [0.1, 0.15) is 12.8 Å². The molecule has 0 saturated carbocycles. The summed E-state index contributed by atoms with van der Waals surface area (Å²) >= 11 is 3.66. The molecule has 2 aliphatic rings. The van der Waals surface area contributed by atoms with Crippen molar-refractivity contribution in [2.45, 2.75) is 24.8 Å². The molecule has 0 unspecified atom stereocenters. The van der Waals surface area contributed by atoms with E-state index in [-0.39, 0.29) is 4.90 Å². The molecule has 140 valence electrons. The van der Waals surface area contributed by atoms with Crippen molar-refractivity contribution in [3.8, 4) is 0 Å². The van der Waals surface area contributed by atoms with Crippen molar-refractivity contribution >= 4 is 33.7 Å². The first-order valence-corrected chi connectivity index (χ1v) is 6.97. The first kappa shape index (κ1) is 20.5. The fourth-order valence-electron chi connectivity index (χ4n) is 2.03. The van der Waals surface area contributed by atoms with Crippen molar-refractivity contribution in [3.63, 3.8) is 0 Å². The molecule has 24 heavy (non-hydrogen) atoms. The molecule has 2 aliphatic heterocycles. The van der Waals surface area contributed by atoms with E-state index >= 15 is 0 Å². The first-order chi connectivity index (χ1) is 11.3. The predicted octanol–water partition coefficient (Wildman–Crippen LogP) is -2.65. The molecule has 2 rings (SSSR count). The van der Waals surface area contributed by atoms with Gasteiger partial charge >= 0.3 is 37.2 Å². The third-order valence-corrected chi connectivity index (χ3v) is 2.79. The number of nitrogens with zero attached hydrogens (tertiary/aromatic N) is 1. The average molecular weight is 421 g/mol. The van der Waals surface area contributed by atoms with Gasteiger partial charge in [-0.15, -0.1) is 0 Å². The van der Waals surface area contributed by atoms with Crippen molar-refractivity contribution in [3.05, 3.63) is 0 Å². The van der Waals surface area contributed by atoms with Gasteiger partial charge in [0.25, 0.3) is 0 Å². The summed E-state index contributed by atoms with van der Waals surface area (Å²) in [6.45, 7) is 0. The Bertz CT molecular complexity index is 527. The summed E-state index contributed by atoms with van der Waals surface area (Å²) < 4.78 is 0. The second-order valence-electron chi connectivity index (χ2n) is 4.23. The van der Waals surface area contributed by atoms with Gasteiger partial charge in [0.15, 0.2) is 0 Å². The number of carbonyl (C=O) groups excluding carboxylic acids is 4. The minimum absolute atomic E-state index is 0.0242. The Morgan fingerprint density at radius 2 is 1.33 bits per heavy atom. The average Bonchev–Trinajstić information content (AvgIpc) is 2.54. The first-order valence-electron chi connectivity index (χ1n) is 5.68. The van der Waals surface area contributed by atoms with Crippen molar-refractivity contribution in [1.82, 2.24) is 20.9 Å². The van der Waals surface area contributed by atoms with Gasteiger partial charge in [0.2, 0.25) is 23.6 Å². The van der Waals surface area contributed by atoms with Crippen LogP contribution < -0.4 is 16.0 Å². The topological polar surface area (TPSA) is 196 Å². The number of carbonyl (C=O) groups is 4. The maximum atomic E-state index is 12.0. The van der Waals surface area contributed by atoms with Gasteiger partial charge in [0.05, 0.1) is 0 Å².